The molecule has 1 unspecified atom stereocenters. The van der Waals surface area contributed by atoms with Gasteiger partial charge in [-0.3, -0.25) is 14.9 Å². The maximum atomic E-state index is 11.4. The van der Waals surface area contributed by atoms with Crippen molar-refractivity contribution in [3.05, 3.63) is 58.2 Å². The van der Waals surface area contributed by atoms with Gasteiger partial charge >= 0.3 is 0 Å². The van der Waals surface area contributed by atoms with Gasteiger partial charge in [0.2, 0.25) is 5.96 Å². The number of ether oxygens (including phenoxy) is 1. The lowest BCUT2D eigenvalue weighted by Gasteiger charge is -2.39. The Balaban J connectivity index is 1.41. The zero-order valence-electron chi connectivity index (χ0n) is 20.8. The number of benzene rings is 1. The lowest BCUT2D eigenvalue weighted by atomic mass is 9.81. The molecule has 8 heteroatoms. The van der Waals surface area contributed by atoms with Crippen molar-refractivity contribution in [1.82, 2.24) is 9.47 Å². The maximum absolute atomic E-state index is 11.4. The largest absolute Gasteiger partial charge is 0.493 e. The molecule has 1 aromatic carbocycles. The first kappa shape index (κ1) is 24.7. The summed E-state index contributed by atoms with van der Waals surface area (Å²) in [7, 11) is -1.42. The van der Waals surface area contributed by atoms with Gasteiger partial charge in [-0.1, -0.05) is 36.2 Å². The van der Waals surface area contributed by atoms with Crippen LogP contribution in [-0.2, 0) is 17.5 Å². The monoisotopic (exact) mass is 483 g/mol. The molecule has 1 saturated heterocycles. The molecule has 1 aliphatic carbocycles. The fraction of sp³-hybridized carbons (Fsp3) is 0.538. The summed E-state index contributed by atoms with van der Waals surface area (Å²) in [5, 5.41) is 8.40. The molecular formula is C26H37N5O2S. The fourth-order valence-electron chi connectivity index (χ4n) is 4.81. The summed E-state index contributed by atoms with van der Waals surface area (Å²) in [6.45, 7) is 10.4. The quantitative estimate of drug-likeness (QED) is 0.465. The average Bonchev–Trinajstić information content (AvgIpc) is 3.58. The Hall–Kier alpha value is -2.45. The molecule has 0 spiro atoms. The molecule has 34 heavy (non-hydrogen) atoms. The second-order valence-electron chi connectivity index (χ2n) is 10.4. The number of rotatable bonds is 7. The van der Waals surface area contributed by atoms with E-state index in [4.69, 9.17) is 15.9 Å². The minimum Gasteiger partial charge on any atom is -0.493 e. The van der Waals surface area contributed by atoms with Crippen LogP contribution in [0.3, 0.4) is 0 Å². The number of likely N-dealkylation sites (tertiary alicyclic amines) is 1. The fourth-order valence-corrected chi connectivity index (χ4v) is 5.16. The molecule has 2 heterocycles. The van der Waals surface area contributed by atoms with Gasteiger partial charge < -0.3 is 10.5 Å². The van der Waals surface area contributed by atoms with Crippen molar-refractivity contribution in [3.63, 3.8) is 0 Å². The summed E-state index contributed by atoms with van der Waals surface area (Å²) in [5.41, 5.74) is 11.4. The molecule has 2 fully saturated rings. The van der Waals surface area contributed by atoms with E-state index in [0.29, 0.717) is 12.5 Å². The lowest BCUT2D eigenvalue weighted by Crippen LogP contribution is -2.41. The standard InChI is InChI=1S/C26H37N5O2S/c1-18-11-19(2)13-20(12-18)15-30-9-7-26(3,8-10-30)17-33-23-14-24(27)31(25(28)29-34(4)32)16-22(23)21-5-6-21/h11-14,16,21,27H,5-10,15,17H2,1-4H3,(H2,28,29). The van der Waals surface area contributed by atoms with Crippen LogP contribution < -0.4 is 16.0 Å². The molecule has 1 aromatic heterocycles. The van der Waals surface area contributed by atoms with Gasteiger partial charge in [0.25, 0.3) is 0 Å². The molecular weight excluding hydrogens is 446 g/mol. The first-order valence-corrected chi connectivity index (χ1v) is 13.5. The van der Waals surface area contributed by atoms with Gasteiger partial charge in [-0.25, -0.2) is 4.21 Å². The van der Waals surface area contributed by atoms with Crippen LogP contribution >= 0.6 is 0 Å². The van der Waals surface area contributed by atoms with Gasteiger partial charge in [0.05, 0.1) is 6.61 Å². The minimum absolute atomic E-state index is 0.0717. The number of aryl methyl sites for hydroxylation is 2. The van der Waals surface area contributed by atoms with Crippen molar-refractivity contribution in [2.24, 2.45) is 15.5 Å². The highest BCUT2D eigenvalue weighted by atomic mass is 32.2. The van der Waals surface area contributed by atoms with E-state index in [-0.39, 0.29) is 16.9 Å². The van der Waals surface area contributed by atoms with E-state index < -0.39 is 11.0 Å². The van der Waals surface area contributed by atoms with Gasteiger partial charge in [0.15, 0.2) is 0 Å². The third-order valence-corrected chi connectivity index (χ3v) is 7.34. The molecule has 1 atom stereocenters. The number of hydrogen-bond donors (Lipinski definition) is 2. The maximum Gasteiger partial charge on any atom is 0.215 e. The molecule has 7 nitrogen and oxygen atoms in total. The number of nitrogens with two attached hydrogens (primary N) is 1. The van der Waals surface area contributed by atoms with E-state index in [1.807, 2.05) is 6.20 Å². The molecule has 184 valence electrons. The second-order valence-corrected chi connectivity index (χ2v) is 11.4. The van der Waals surface area contributed by atoms with Crippen LogP contribution in [0.25, 0.3) is 0 Å². The Morgan fingerprint density at radius 3 is 2.44 bits per heavy atom. The number of pyridine rings is 1. The van der Waals surface area contributed by atoms with Crippen LogP contribution in [0.2, 0.25) is 0 Å². The van der Waals surface area contributed by atoms with Gasteiger partial charge in [-0.2, -0.15) is 4.40 Å². The minimum atomic E-state index is -1.42. The van der Waals surface area contributed by atoms with Crippen LogP contribution in [0.1, 0.15) is 60.8 Å². The Bertz CT molecular complexity index is 1140. The Morgan fingerprint density at radius 1 is 1.21 bits per heavy atom. The molecule has 1 saturated carbocycles. The predicted octanol–water partition coefficient (Wildman–Crippen LogP) is 3.60. The second kappa shape index (κ2) is 10.0. The van der Waals surface area contributed by atoms with E-state index in [1.165, 1.54) is 27.5 Å². The van der Waals surface area contributed by atoms with Crippen LogP contribution in [0, 0.1) is 24.7 Å². The van der Waals surface area contributed by atoms with Crippen molar-refractivity contribution in [2.75, 3.05) is 26.0 Å². The highest BCUT2D eigenvalue weighted by Crippen LogP contribution is 2.44. The molecule has 3 N–H and O–H groups in total. The molecule has 2 aliphatic rings. The first-order chi connectivity index (χ1) is 16.1. The first-order valence-electron chi connectivity index (χ1n) is 12.0. The van der Waals surface area contributed by atoms with Gasteiger partial charge in [-0.05, 0) is 64.1 Å². The van der Waals surface area contributed by atoms with Crippen molar-refractivity contribution in [2.45, 2.75) is 58.9 Å². The molecule has 4 rings (SSSR count). The van der Waals surface area contributed by atoms with Crippen LogP contribution in [-0.4, -0.2) is 45.6 Å². The average molecular weight is 484 g/mol. The Labute approximate surface area is 205 Å². The van der Waals surface area contributed by atoms with Gasteiger partial charge in [-0.15, -0.1) is 0 Å². The number of hydrogen-bond acceptors (Lipinski definition) is 4. The number of nitrogens with zero attached hydrogens (tertiary/aromatic N) is 3. The predicted molar refractivity (Wildman–Crippen MR) is 137 cm³/mol. The summed E-state index contributed by atoms with van der Waals surface area (Å²) in [6.07, 6.45) is 7.68. The van der Waals surface area contributed by atoms with Crippen LogP contribution in [0.15, 0.2) is 34.9 Å². The van der Waals surface area contributed by atoms with Crippen molar-refractivity contribution >= 4 is 16.9 Å². The molecule has 1 aliphatic heterocycles. The van der Waals surface area contributed by atoms with E-state index in [9.17, 15) is 4.21 Å². The SMILES string of the molecule is Cc1cc(C)cc(CN2CCC(C)(COc3cc(=N)n(/C(N)=N/S(C)=O)cc3C3CC3)CC2)c1. The Kier molecular flexibility index (Phi) is 7.28. The van der Waals surface area contributed by atoms with Gasteiger partial charge in [0.1, 0.15) is 22.2 Å². The van der Waals surface area contributed by atoms with E-state index in [1.54, 1.807) is 6.07 Å². The topological polar surface area (TPSA) is 96.7 Å². The summed E-state index contributed by atoms with van der Waals surface area (Å²) in [6, 6.07) is 8.54. The van der Waals surface area contributed by atoms with Crippen molar-refractivity contribution < 1.29 is 8.95 Å². The molecule has 0 radical (unpaired) electrons. The van der Waals surface area contributed by atoms with Crippen molar-refractivity contribution in [1.29, 1.82) is 5.41 Å². The number of nitrogens with one attached hydrogen (secondary N) is 1. The zero-order chi connectivity index (χ0) is 24.5. The normalized spacial score (nSPS) is 19.7. The smallest absolute Gasteiger partial charge is 0.215 e. The van der Waals surface area contributed by atoms with E-state index in [0.717, 1.165) is 56.6 Å². The van der Waals surface area contributed by atoms with E-state index >= 15 is 0 Å². The summed E-state index contributed by atoms with van der Waals surface area (Å²) < 4.78 is 23.2. The molecule has 2 aromatic rings. The van der Waals surface area contributed by atoms with Crippen LogP contribution in [0.4, 0.5) is 0 Å². The number of piperidine rings is 1. The highest BCUT2D eigenvalue weighted by Gasteiger charge is 2.33. The third-order valence-electron chi connectivity index (χ3n) is 6.89. The zero-order valence-corrected chi connectivity index (χ0v) is 21.6. The summed E-state index contributed by atoms with van der Waals surface area (Å²) in [5.74, 6) is 1.27. The number of aromatic nitrogens is 1. The third kappa shape index (κ3) is 6.16. The van der Waals surface area contributed by atoms with Crippen LogP contribution in [0.5, 0.6) is 5.75 Å². The van der Waals surface area contributed by atoms with Crippen molar-refractivity contribution in [3.8, 4) is 5.75 Å². The van der Waals surface area contributed by atoms with E-state index in [2.05, 4.69) is 48.3 Å². The summed E-state index contributed by atoms with van der Waals surface area (Å²) in [4.78, 5) is 2.54. The lowest BCUT2D eigenvalue weighted by molar-refractivity contribution is 0.0651. The highest BCUT2D eigenvalue weighted by molar-refractivity contribution is 7.83. The van der Waals surface area contributed by atoms with Gasteiger partial charge in [0, 0.05) is 36.0 Å². The Morgan fingerprint density at radius 2 is 1.85 bits per heavy atom. The molecule has 0 bridgehead atoms. The molecule has 0 amide bonds. The summed E-state index contributed by atoms with van der Waals surface area (Å²) >= 11 is 0.